The van der Waals surface area contributed by atoms with Gasteiger partial charge in [0.15, 0.2) is 0 Å². The number of nitrogens with one attached hydrogen (secondary N) is 1. The maximum atomic E-state index is 12.9. The van der Waals surface area contributed by atoms with Gasteiger partial charge < -0.3 is 10.2 Å². The molecule has 0 radical (unpaired) electrons. The van der Waals surface area contributed by atoms with Crippen molar-refractivity contribution in [2.45, 2.75) is 27.3 Å². The van der Waals surface area contributed by atoms with Crippen LogP contribution in [0.1, 0.15) is 44.3 Å². The summed E-state index contributed by atoms with van der Waals surface area (Å²) in [4.78, 5) is 27.1. The van der Waals surface area contributed by atoms with Crippen LogP contribution < -0.4 is 10.2 Å². The van der Waals surface area contributed by atoms with E-state index >= 15 is 0 Å². The van der Waals surface area contributed by atoms with Crippen LogP contribution in [0.3, 0.4) is 0 Å². The average molecular weight is 386 g/mol. The second-order valence-corrected chi connectivity index (χ2v) is 7.07. The molecule has 1 N–H and O–H groups in total. The van der Waals surface area contributed by atoms with E-state index in [1.165, 1.54) is 0 Å². The Morgan fingerprint density at radius 1 is 0.862 bits per heavy atom. The largest absolute Gasteiger partial charge is 0.348 e. The molecular weight excluding hydrogens is 360 g/mol. The summed E-state index contributed by atoms with van der Waals surface area (Å²) in [6.45, 7) is 7.03. The lowest BCUT2D eigenvalue weighted by molar-refractivity contribution is 0.0947. The van der Waals surface area contributed by atoms with Gasteiger partial charge in [-0.25, -0.2) is 0 Å². The molecule has 0 unspecified atom stereocenters. The molecule has 4 nitrogen and oxygen atoms in total. The highest BCUT2D eigenvalue weighted by atomic mass is 16.2. The van der Waals surface area contributed by atoms with Gasteiger partial charge in [-0.1, -0.05) is 36.4 Å². The Morgan fingerprint density at radius 2 is 1.55 bits per heavy atom. The van der Waals surface area contributed by atoms with Crippen LogP contribution in [-0.4, -0.2) is 18.4 Å². The Morgan fingerprint density at radius 3 is 2.21 bits per heavy atom. The van der Waals surface area contributed by atoms with Crippen molar-refractivity contribution in [3.63, 3.8) is 0 Å². The first kappa shape index (κ1) is 20.3. The maximum Gasteiger partial charge on any atom is 0.258 e. The Balaban J connectivity index is 1.69. The van der Waals surface area contributed by atoms with E-state index in [9.17, 15) is 9.59 Å². The van der Waals surface area contributed by atoms with Gasteiger partial charge in [-0.15, -0.1) is 0 Å². The summed E-state index contributed by atoms with van der Waals surface area (Å²) in [6.07, 6.45) is 0. The Bertz CT molecular complexity index is 1010. The Kier molecular flexibility index (Phi) is 6.45. The number of amides is 2. The fraction of sp³-hybridized carbons (Fsp3) is 0.200. The van der Waals surface area contributed by atoms with E-state index in [-0.39, 0.29) is 11.8 Å². The number of nitrogens with zero attached hydrogens (tertiary/aromatic N) is 1. The topological polar surface area (TPSA) is 49.4 Å². The van der Waals surface area contributed by atoms with Gasteiger partial charge in [0.2, 0.25) is 0 Å². The third-order valence-electron chi connectivity index (χ3n) is 4.97. The fourth-order valence-corrected chi connectivity index (χ4v) is 3.25. The van der Waals surface area contributed by atoms with Gasteiger partial charge in [-0.2, -0.15) is 0 Å². The third-order valence-corrected chi connectivity index (χ3v) is 4.97. The van der Waals surface area contributed by atoms with Gasteiger partial charge in [0.1, 0.15) is 0 Å². The van der Waals surface area contributed by atoms with Crippen LogP contribution >= 0.6 is 0 Å². The number of hydrogen-bond acceptors (Lipinski definition) is 2. The van der Waals surface area contributed by atoms with Crippen molar-refractivity contribution in [3.8, 4) is 0 Å². The molecule has 3 rings (SSSR count). The summed E-state index contributed by atoms with van der Waals surface area (Å²) >= 11 is 0. The molecule has 0 aliphatic heterocycles. The second kappa shape index (κ2) is 9.20. The molecule has 4 heteroatoms. The molecule has 0 aliphatic carbocycles. The smallest absolute Gasteiger partial charge is 0.258 e. The van der Waals surface area contributed by atoms with Crippen molar-refractivity contribution in [1.29, 1.82) is 0 Å². The van der Waals surface area contributed by atoms with Crippen LogP contribution in [0, 0.1) is 13.8 Å². The number of benzene rings is 3. The first-order valence-electron chi connectivity index (χ1n) is 9.81. The van der Waals surface area contributed by atoms with Crippen molar-refractivity contribution in [2.24, 2.45) is 0 Å². The Hall–Kier alpha value is -3.40. The fourth-order valence-electron chi connectivity index (χ4n) is 3.25. The monoisotopic (exact) mass is 386 g/mol. The van der Waals surface area contributed by atoms with E-state index in [4.69, 9.17) is 0 Å². The molecule has 0 heterocycles. The van der Waals surface area contributed by atoms with Crippen molar-refractivity contribution >= 4 is 17.5 Å². The van der Waals surface area contributed by atoms with Gasteiger partial charge >= 0.3 is 0 Å². The molecule has 0 bridgehead atoms. The number of aryl methyl sites for hydroxylation is 2. The highest BCUT2D eigenvalue weighted by molar-refractivity contribution is 6.06. The van der Waals surface area contributed by atoms with Crippen LogP contribution in [0.4, 0.5) is 5.69 Å². The zero-order chi connectivity index (χ0) is 20.8. The molecule has 29 heavy (non-hydrogen) atoms. The molecule has 2 amide bonds. The predicted octanol–water partition coefficient (Wildman–Crippen LogP) is 4.90. The number of anilines is 1. The molecule has 0 saturated heterocycles. The molecule has 3 aromatic carbocycles. The SMILES string of the molecule is CCN(C(=O)c1ccc(C(=O)NCc2ccccc2C)cc1)c1cccc(C)c1. The van der Waals surface area contributed by atoms with Gasteiger partial charge in [0.25, 0.3) is 11.8 Å². The van der Waals surface area contributed by atoms with E-state index in [1.807, 2.05) is 69.3 Å². The molecule has 0 atom stereocenters. The third kappa shape index (κ3) is 4.91. The van der Waals surface area contributed by atoms with E-state index in [0.29, 0.717) is 24.2 Å². The second-order valence-electron chi connectivity index (χ2n) is 7.07. The minimum Gasteiger partial charge on any atom is -0.348 e. The van der Waals surface area contributed by atoms with Crippen molar-refractivity contribution in [2.75, 3.05) is 11.4 Å². The molecule has 0 saturated carbocycles. The van der Waals surface area contributed by atoms with Crippen LogP contribution in [0.5, 0.6) is 0 Å². The molecule has 3 aromatic rings. The zero-order valence-electron chi connectivity index (χ0n) is 17.1. The van der Waals surface area contributed by atoms with Crippen LogP contribution in [0.2, 0.25) is 0 Å². The summed E-state index contributed by atoms with van der Waals surface area (Å²) < 4.78 is 0. The normalized spacial score (nSPS) is 10.4. The quantitative estimate of drug-likeness (QED) is 0.655. The minimum atomic E-state index is -0.154. The molecule has 0 spiro atoms. The summed E-state index contributed by atoms with van der Waals surface area (Å²) in [5.41, 5.74) is 5.30. The summed E-state index contributed by atoms with van der Waals surface area (Å²) in [5.74, 6) is -0.233. The Labute approximate surface area is 172 Å². The summed E-state index contributed by atoms with van der Waals surface area (Å²) in [6, 6.07) is 22.7. The van der Waals surface area contributed by atoms with Crippen LogP contribution in [0.25, 0.3) is 0 Å². The lowest BCUT2D eigenvalue weighted by Gasteiger charge is -2.21. The molecule has 0 aromatic heterocycles. The average Bonchev–Trinajstić information content (AvgIpc) is 2.73. The molecule has 0 aliphatic rings. The number of carbonyl (C=O) groups excluding carboxylic acids is 2. The number of carbonyl (C=O) groups is 2. The first-order valence-corrected chi connectivity index (χ1v) is 9.81. The van der Waals surface area contributed by atoms with Crippen LogP contribution in [-0.2, 0) is 6.54 Å². The van der Waals surface area contributed by atoms with Crippen molar-refractivity contribution in [1.82, 2.24) is 5.32 Å². The standard InChI is InChI=1S/C25H26N2O2/c1-4-27(23-11-7-8-18(2)16-23)25(29)21-14-12-20(13-15-21)24(28)26-17-22-10-6-5-9-19(22)3/h5-16H,4,17H2,1-3H3,(H,26,28). The highest BCUT2D eigenvalue weighted by Crippen LogP contribution is 2.19. The van der Waals surface area contributed by atoms with Crippen molar-refractivity contribution in [3.05, 3.63) is 101 Å². The van der Waals surface area contributed by atoms with E-state index < -0.39 is 0 Å². The number of hydrogen-bond donors (Lipinski definition) is 1. The van der Waals surface area contributed by atoms with Gasteiger partial charge in [0, 0.05) is 29.9 Å². The van der Waals surface area contributed by atoms with Crippen molar-refractivity contribution < 1.29 is 9.59 Å². The van der Waals surface area contributed by atoms with Gasteiger partial charge in [0.05, 0.1) is 0 Å². The summed E-state index contributed by atoms with van der Waals surface area (Å²) in [5, 5.41) is 2.94. The lowest BCUT2D eigenvalue weighted by atomic mass is 10.1. The number of rotatable bonds is 6. The predicted molar refractivity (Wildman–Crippen MR) is 117 cm³/mol. The zero-order valence-corrected chi connectivity index (χ0v) is 17.1. The lowest BCUT2D eigenvalue weighted by Crippen LogP contribution is -2.30. The molecule has 0 fully saturated rings. The minimum absolute atomic E-state index is 0.0787. The summed E-state index contributed by atoms with van der Waals surface area (Å²) in [7, 11) is 0. The van der Waals surface area contributed by atoms with E-state index in [2.05, 4.69) is 5.32 Å². The maximum absolute atomic E-state index is 12.9. The molecular formula is C25H26N2O2. The van der Waals surface area contributed by atoms with E-state index in [0.717, 1.165) is 22.4 Å². The molecule has 148 valence electrons. The van der Waals surface area contributed by atoms with Gasteiger partial charge in [-0.05, 0) is 73.9 Å². The van der Waals surface area contributed by atoms with Gasteiger partial charge in [-0.3, -0.25) is 9.59 Å². The highest BCUT2D eigenvalue weighted by Gasteiger charge is 2.17. The van der Waals surface area contributed by atoms with Crippen LogP contribution in [0.15, 0.2) is 72.8 Å². The first-order chi connectivity index (χ1) is 14.0. The van der Waals surface area contributed by atoms with E-state index in [1.54, 1.807) is 29.2 Å².